The number of hydrogen-bond donors (Lipinski definition) is 1. The number of rotatable bonds is 9. The first-order chi connectivity index (χ1) is 12.2. The van der Waals surface area contributed by atoms with Gasteiger partial charge in [0.2, 0.25) is 0 Å². The lowest BCUT2D eigenvalue weighted by Crippen LogP contribution is -2.13. The standard InChI is InChI=1S/C18H30N6O/c1-4-6-7-8-9-10-19-17-16-18(22-23-21-17)24(12-20-16)15-11-13(3)14(5-2)25-15/h12-15H,4-11H2,1-3H3,(H,19,21,22)/t13?,14-,15-/m1/s1. The molecule has 1 N–H and O–H groups in total. The summed E-state index contributed by atoms with van der Waals surface area (Å²) in [6, 6.07) is 0. The van der Waals surface area contributed by atoms with Crippen molar-refractivity contribution in [3.63, 3.8) is 0 Å². The average Bonchev–Trinajstić information content (AvgIpc) is 3.21. The van der Waals surface area contributed by atoms with E-state index in [0.717, 1.165) is 42.8 Å². The van der Waals surface area contributed by atoms with E-state index in [1.54, 1.807) is 0 Å². The largest absolute Gasteiger partial charge is 0.367 e. The van der Waals surface area contributed by atoms with E-state index in [1.807, 2.05) is 10.9 Å². The number of hydrogen-bond acceptors (Lipinski definition) is 6. The van der Waals surface area contributed by atoms with Crippen LogP contribution >= 0.6 is 0 Å². The molecule has 0 aliphatic carbocycles. The number of aromatic nitrogens is 5. The van der Waals surface area contributed by atoms with Crippen LogP contribution in [0.2, 0.25) is 0 Å². The quantitative estimate of drug-likeness (QED) is 0.693. The van der Waals surface area contributed by atoms with Crippen LogP contribution in [0, 0.1) is 5.92 Å². The van der Waals surface area contributed by atoms with Gasteiger partial charge in [0.1, 0.15) is 6.23 Å². The van der Waals surface area contributed by atoms with Gasteiger partial charge in [-0.05, 0) is 30.4 Å². The summed E-state index contributed by atoms with van der Waals surface area (Å²) in [6.45, 7) is 7.53. The van der Waals surface area contributed by atoms with Crippen LogP contribution in [0.3, 0.4) is 0 Å². The minimum Gasteiger partial charge on any atom is -0.367 e. The molecule has 138 valence electrons. The molecule has 1 aliphatic heterocycles. The van der Waals surface area contributed by atoms with Gasteiger partial charge in [-0.1, -0.05) is 46.5 Å². The van der Waals surface area contributed by atoms with E-state index in [4.69, 9.17) is 4.74 Å². The maximum Gasteiger partial charge on any atom is 0.190 e. The minimum absolute atomic E-state index is 0.0106. The van der Waals surface area contributed by atoms with Crippen molar-refractivity contribution < 1.29 is 4.74 Å². The molecule has 7 nitrogen and oxygen atoms in total. The molecule has 1 unspecified atom stereocenters. The van der Waals surface area contributed by atoms with Gasteiger partial charge in [0.15, 0.2) is 17.0 Å². The molecule has 3 atom stereocenters. The van der Waals surface area contributed by atoms with Crippen LogP contribution in [0.15, 0.2) is 6.33 Å². The Morgan fingerprint density at radius 2 is 2.04 bits per heavy atom. The molecule has 3 rings (SSSR count). The molecule has 7 heteroatoms. The lowest BCUT2D eigenvalue weighted by Gasteiger charge is -2.14. The maximum atomic E-state index is 6.17. The van der Waals surface area contributed by atoms with Gasteiger partial charge in [-0.3, -0.25) is 4.57 Å². The molecule has 1 fully saturated rings. The third kappa shape index (κ3) is 4.08. The summed E-state index contributed by atoms with van der Waals surface area (Å²) < 4.78 is 8.17. The van der Waals surface area contributed by atoms with Gasteiger partial charge in [0.05, 0.1) is 12.4 Å². The highest BCUT2D eigenvalue weighted by Gasteiger charge is 2.33. The van der Waals surface area contributed by atoms with Crippen molar-refractivity contribution in [1.82, 2.24) is 25.0 Å². The number of nitrogens with zero attached hydrogens (tertiary/aromatic N) is 5. The number of unbranched alkanes of at least 4 members (excludes halogenated alkanes) is 4. The molecule has 0 saturated carbocycles. The van der Waals surface area contributed by atoms with Crippen LogP contribution in [0.1, 0.15) is 71.9 Å². The average molecular weight is 346 g/mol. The predicted molar refractivity (Wildman–Crippen MR) is 98.3 cm³/mol. The lowest BCUT2D eigenvalue weighted by atomic mass is 10.0. The van der Waals surface area contributed by atoms with Crippen molar-refractivity contribution in [1.29, 1.82) is 0 Å². The predicted octanol–water partition coefficient (Wildman–Crippen LogP) is 3.94. The summed E-state index contributed by atoms with van der Waals surface area (Å²) in [5.74, 6) is 1.26. The summed E-state index contributed by atoms with van der Waals surface area (Å²) >= 11 is 0. The second kappa shape index (κ2) is 8.56. The fraction of sp³-hybridized carbons (Fsp3) is 0.778. The van der Waals surface area contributed by atoms with Crippen molar-refractivity contribution in [2.45, 2.75) is 78.0 Å². The molecule has 0 amide bonds. The molecular formula is C18H30N6O. The summed E-state index contributed by atoms with van der Waals surface area (Å²) in [6.07, 6.45) is 10.3. The normalized spacial score (nSPS) is 23.4. The molecule has 0 bridgehead atoms. The zero-order valence-electron chi connectivity index (χ0n) is 15.6. The van der Waals surface area contributed by atoms with Gasteiger partial charge in [-0.15, -0.1) is 10.2 Å². The van der Waals surface area contributed by atoms with Gasteiger partial charge in [-0.2, -0.15) is 0 Å². The van der Waals surface area contributed by atoms with E-state index in [1.165, 1.54) is 25.7 Å². The molecule has 1 saturated heterocycles. The molecule has 0 aromatic carbocycles. The Hall–Kier alpha value is -1.76. The monoisotopic (exact) mass is 346 g/mol. The number of imidazole rings is 1. The van der Waals surface area contributed by atoms with Crippen molar-refractivity contribution in [2.24, 2.45) is 5.92 Å². The van der Waals surface area contributed by atoms with E-state index in [2.05, 4.69) is 46.5 Å². The minimum atomic E-state index is -0.0106. The first-order valence-corrected chi connectivity index (χ1v) is 9.69. The van der Waals surface area contributed by atoms with Crippen LogP contribution < -0.4 is 5.32 Å². The van der Waals surface area contributed by atoms with Crippen molar-refractivity contribution in [3.8, 4) is 0 Å². The second-order valence-corrected chi connectivity index (χ2v) is 7.05. The molecule has 2 aromatic heterocycles. The highest BCUT2D eigenvalue weighted by atomic mass is 16.5. The van der Waals surface area contributed by atoms with Crippen LogP contribution in [0.5, 0.6) is 0 Å². The fourth-order valence-corrected chi connectivity index (χ4v) is 3.58. The third-order valence-corrected chi connectivity index (χ3v) is 5.10. The number of anilines is 1. The molecule has 1 aliphatic rings. The highest BCUT2D eigenvalue weighted by molar-refractivity contribution is 5.82. The van der Waals surface area contributed by atoms with Crippen molar-refractivity contribution >= 4 is 17.0 Å². The molecule has 25 heavy (non-hydrogen) atoms. The van der Waals surface area contributed by atoms with Gasteiger partial charge in [-0.25, -0.2) is 4.98 Å². The van der Waals surface area contributed by atoms with E-state index < -0.39 is 0 Å². The molecule has 0 radical (unpaired) electrons. The van der Waals surface area contributed by atoms with E-state index >= 15 is 0 Å². The zero-order valence-corrected chi connectivity index (χ0v) is 15.6. The Kier molecular flexibility index (Phi) is 6.18. The van der Waals surface area contributed by atoms with Gasteiger partial charge in [0.25, 0.3) is 0 Å². The van der Waals surface area contributed by atoms with Crippen molar-refractivity contribution in [3.05, 3.63) is 6.33 Å². The van der Waals surface area contributed by atoms with Crippen LogP contribution in [-0.2, 0) is 4.74 Å². The number of nitrogens with one attached hydrogen (secondary N) is 1. The molecule has 2 aromatic rings. The number of fused-ring (bicyclic) bond motifs is 1. The SMILES string of the molecule is CCCCCCCNc1nnnc2c1ncn2[C@H]1CC(C)[C@@H](CC)O1. The third-order valence-electron chi connectivity index (χ3n) is 5.10. The first kappa shape index (κ1) is 18.0. The van der Waals surface area contributed by atoms with Crippen LogP contribution in [0.25, 0.3) is 11.2 Å². The summed E-state index contributed by atoms with van der Waals surface area (Å²) in [4.78, 5) is 4.52. The Morgan fingerprint density at radius 1 is 1.20 bits per heavy atom. The van der Waals surface area contributed by atoms with Gasteiger partial charge < -0.3 is 10.1 Å². The summed E-state index contributed by atoms with van der Waals surface area (Å²) in [5.41, 5.74) is 1.53. The van der Waals surface area contributed by atoms with E-state index in [0.29, 0.717) is 12.0 Å². The van der Waals surface area contributed by atoms with Gasteiger partial charge in [0, 0.05) is 6.54 Å². The Labute approximate surface area is 149 Å². The second-order valence-electron chi connectivity index (χ2n) is 7.05. The Bertz CT molecular complexity index is 673. The van der Waals surface area contributed by atoms with Crippen LogP contribution in [0.4, 0.5) is 5.82 Å². The smallest absolute Gasteiger partial charge is 0.190 e. The Morgan fingerprint density at radius 3 is 2.80 bits per heavy atom. The first-order valence-electron chi connectivity index (χ1n) is 9.69. The number of ether oxygens (including phenoxy) is 1. The van der Waals surface area contributed by atoms with E-state index in [9.17, 15) is 0 Å². The highest BCUT2D eigenvalue weighted by Crippen LogP contribution is 2.36. The fourth-order valence-electron chi connectivity index (χ4n) is 3.58. The summed E-state index contributed by atoms with van der Waals surface area (Å²) in [5, 5.41) is 15.6. The Balaban J connectivity index is 1.66. The summed E-state index contributed by atoms with van der Waals surface area (Å²) in [7, 11) is 0. The van der Waals surface area contributed by atoms with Crippen LogP contribution in [-0.4, -0.2) is 37.6 Å². The topological polar surface area (TPSA) is 77.8 Å². The van der Waals surface area contributed by atoms with E-state index in [-0.39, 0.29) is 6.23 Å². The van der Waals surface area contributed by atoms with Crippen molar-refractivity contribution in [2.75, 3.05) is 11.9 Å². The zero-order chi connectivity index (χ0) is 17.6. The molecular weight excluding hydrogens is 316 g/mol. The van der Waals surface area contributed by atoms with Gasteiger partial charge >= 0.3 is 0 Å². The lowest BCUT2D eigenvalue weighted by molar-refractivity contribution is -0.00310. The molecule has 0 spiro atoms. The maximum absolute atomic E-state index is 6.17. The molecule has 3 heterocycles.